The van der Waals surface area contributed by atoms with E-state index in [1.165, 1.54) is 18.3 Å². The molecule has 0 aromatic carbocycles. The van der Waals surface area contributed by atoms with Crippen molar-refractivity contribution in [2.75, 3.05) is 0 Å². The van der Waals surface area contributed by atoms with E-state index in [0.717, 1.165) is 0 Å². The van der Waals surface area contributed by atoms with E-state index < -0.39 is 15.5 Å². The van der Waals surface area contributed by atoms with Gasteiger partial charge in [0.1, 0.15) is 5.25 Å². The first kappa shape index (κ1) is 10.1. The smallest absolute Gasteiger partial charge is 0.194 e. The molecule has 6 heteroatoms. The summed E-state index contributed by atoms with van der Waals surface area (Å²) < 4.78 is 34.1. The summed E-state index contributed by atoms with van der Waals surface area (Å²) in [4.78, 5) is 0.498. The Kier molecular flexibility index (Phi) is 2.90. The number of rotatable bonds is 2. The van der Waals surface area contributed by atoms with E-state index in [1.807, 2.05) is 0 Å². The summed E-state index contributed by atoms with van der Waals surface area (Å²) in [5.41, 5.74) is 0. The van der Waals surface area contributed by atoms with Crippen LogP contribution in [0.2, 0.25) is 0 Å². The highest BCUT2D eigenvalue weighted by atomic mass is 79.9. The van der Waals surface area contributed by atoms with E-state index in [2.05, 4.69) is 15.9 Å². The standard InChI is InChI=1S/C6H6BrFO2S2/c1-4(12(8,9)10)6-5(7)2-3-11-6/h2-4H,1H3. The molecule has 1 aromatic heterocycles. The van der Waals surface area contributed by atoms with Gasteiger partial charge in [-0.3, -0.25) is 0 Å². The summed E-state index contributed by atoms with van der Waals surface area (Å²) in [7, 11) is -4.47. The zero-order valence-electron chi connectivity index (χ0n) is 6.12. The van der Waals surface area contributed by atoms with E-state index in [9.17, 15) is 12.3 Å². The fraction of sp³-hybridized carbons (Fsp3) is 0.333. The molecule has 0 spiro atoms. The second-order valence-corrected chi connectivity index (χ2v) is 5.71. The van der Waals surface area contributed by atoms with Crippen molar-refractivity contribution in [1.29, 1.82) is 0 Å². The predicted molar refractivity (Wildman–Crippen MR) is 50.5 cm³/mol. The minimum atomic E-state index is -4.47. The first-order valence-electron chi connectivity index (χ1n) is 3.09. The third kappa shape index (κ3) is 2.05. The van der Waals surface area contributed by atoms with Crippen LogP contribution in [0.4, 0.5) is 3.89 Å². The predicted octanol–water partition coefficient (Wildman–Crippen LogP) is 2.87. The van der Waals surface area contributed by atoms with Gasteiger partial charge in [0.05, 0.1) is 0 Å². The zero-order chi connectivity index (χ0) is 9.35. The van der Waals surface area contributed by atoms with Crippen LogP contribution in [-0.2, 0) is 10.2 Å². The first-order chi connectivity index (χ1) is 5.43. The lowest BCUT2D eigenvalue weighted by atomic mass is 10.4. The summed E-state index contributed by atoms with van der Waals surface area (Å²) in [6.45, 7) is 1.33. The third-order valence-electron chi connectivity index (χ3n) is 1.44. The first-order valence-corrected chi connectivity index (χ1v) is 6.21. The minimum Gasteiger partial charge on any atom is -0.194 e. The maximum atomic E-state index is 12.5. The lowest BCUT2D eigenvalue weighted by Gasteiger charge is -2.03. The summed E-state index contributed by atoms with van der Waals surface area (Å²) >= 11 is 4.36. The molecule has 0 N–H and O–H groups in total. The number of thiophene rings is 1. The maximum Gasteiger partial charge on any atom is 0.310 e. The second kappa shape index (κ2) is 3.43. The fourth-order valence-corrected chi connectivity index (χ4v) is 3.42. The maximum absolute atomic E-state index is 12.5. The molecule has 68 valence electrons. The molecule has 1 unspecified atom stereocenters. The van der Waals surface area contributed by atoms with Crippen LogP contribution in [0.15, 0.2) is 15.9 Å². The van der Waals surface area contributed by atoms with Crippen molar-refractivity contribution in [2.24, 2.45) is 0 Å². The van der Waals surface area contributed by atoms with Gasteiger partial charge >= 0.3 is 10.2 Å². The SMILES string of the molecule is CC(c1sccc1Br)S(=O)(=O)F. The van der Waals surface area contributed by atoms with Gasteiger partial charge in [0.15, 0.2) is 0 Å². The highest BCUT2D eigenvalue weighted by Crippen LogP contribution is 2.33. The van der Waals surface area contributed by atoms with Crippen LogP contribution in [0.3, 0.4) is 0 Å². The van der Waals surface area contributed by atoms with Crippen molar-refractivity contribution >= 4 is 37.5 Å². The molecule has 2 nitrogen and oxygen atoms in total. The molecular weight excluding hydrogens is 267 g/mol. The molecular formula is C6H6BrFO2S2. The monoisotopic (exact) mass is 272 g/mol. The zero-order valence-corrected chi connectivity index (χ0v) is 9.34. The van der Waals surface area contributed by atoms with Crippen molar-refractivity contribution in [3.05, 3.63) is 20.8 Å². The van der Waals surface area contributed by atoms with E-state index >= 15 is 0 Å². The van der Waals surface area contributed by atoms with Gasteiger partial charge in [0.25, 0.3) is 0 Å². The average Bonchev–Trinajstić information content (AvgIpc) is 2.31. The Hall–Kier alpha value is 0.0600. The minimum absolute atomic E-state index is 0.498. The van der Waals surface area contributed by atoms with Crippen molar-refractivity contribution in [1.82, 2.24) is 0 Å². The van der Waals surface area contributed by atoms with Gasteiger partial charge in [-0.1, -0.05) is 0 Å². The third-order valence-corrected chi connectivity index (χ3v) is 4.72. The molecule has 0 aliphatic heterocycles. The summed E-state index contributed by atoms with van der Waals surface area (Å²) in [6, 6.07) is 1.70. The largest absolute Gasteiger partial charge is 0.310 e. The van der Waals surface area contributed by atoms with Crippen LogP contribution >= 0.6 is 27.3 Å². The molecule has 0 saturated heterocycles. The normalized spacial score (nSPS) is 14.6. The van der Waals surface area contributed by atoms with E-state index in [4.69, 9.17) is 0 Å². The van der Waals surface area contributed by atoms with Gasteiger partial charge in [-0.25, -0.2) is 0 Å². The lowest BCUT2D eigenvalue weighted by molar-refractivity contribution is 0.541. The van der Waals surface area contributed by atoms with Crippen LogP contribution in [-0.4, -0.2) is 8.42 Å². The van der Waals surface area contributed by atoms with E-state index in [-0.39, 0.29) is 0 Å². The van der Waals surface area contributed by atoms with Gasteiger partial charge in [0.2, 0.25) is 0 Å². The van der Waals surface area contributed by atoms with Gasteiger partial charge < -0.3 is 0 Å². The Morgan fingerprint density at radius 3 is 2.58 bits per heavy atom. The van der Waals surface area contributed by atoms with Crippen molar-refractivity contribution in [2.45, 2.75) is 12.2 Å². The van der Waals surface area contributed by atoms with Crippen molar-refractivity contribution in [3.63, 3.8) is 0 Å². The number of hydrogen-bond donors (Lipinski definition) is 0. The molecule has 1 rings (SSSR count). The van der Waals surface area contributed by atoms with Crippen LogP contribution in [0.5, 0.6) is 0 Å². The molecule has 0 fully saturated rings. The van der Waals surface area contributed by atoms with Gasteiger partial charge in [0, 0.05) is 9.35 Å². The average molecular weight is 273 g/mol. The molecule has 0 bridgehead atoms. The summed E-state index contributed by atoms with van der Waals surface area (Å²) in [5, 5.41) is 0.632. The molecule has 0 radical (unpaired) electrons. The van der Waals surface area contributed by atoms with Crippen LogP contribution < -0.4 is 0 Å². The van der Waals surface area contributed by atoms with Gasteiger partial charge in [-0.05, 0) is 34.3 Å². The fourth-order valence-electron chi connectivity index (χ4n) is 0.723. The molecule has 0 aliphatic carbocycles. The highest BCUT2D eigenvalue weighted by Gasteiger charge is 2.24. The van der Waals surface area contributed by atoms with E-state index in [0.29, 0.717) is 9.35 Å². The Morgan fingerprint density at radius 2 is 2.25 bits per heavy atom. The molecule has 0 amide bonds. The Morgan fingerprint density at radius 1 is 1.67 bits per heavy atom. The molecule has 1 aromatic rings. The number of hydrogen-bond acceptors (Lipinski definition) is 3. The molecule has 1 atom stereocenters. The van der Waals surface area contributed by atoms with Gasteiger partial charge in [-0.15, -0.1) is 15.2 Å². The summed E-state index contributed by atoms with van der Waals surface area (Å²) in [5.74, 6) is 0. The summed E-state index contributed by atoms with van der Waals surface area (Å²) in [6.07, 6.45) is 0. The molecule has 0 saturated carbocycles. The van der Waals surface area contributed by atoms with Crippen molar-refractivity contribution < 1.29 is 12.3 Å². The topological polar surface area (TPSA) is 34.1 Å². The molecule has 1 heterocycles. The van der Waals surface area contributed by atoms with Gasteiger partial charge in [-0.2, -0.15) is 8.42 Å². The molecule has 0 aliphatic rings. The Labute approximate surface area is 82.8 Å². The lowest BCUT2D eigenvalue weighted by Crippen LogP contribution is -2.02. The molecule has 12 heavy (non-hydrogen) atoms. The Balaban J connectivity index is 3.09. The van der Waals surface area contributed by atoms with Crippen LogP contribution in [0.25, 0.3) is 0 Å². The van der Waals surface area contributed by atoms with Crippen LogP contribution in [0.1, 0.15) is 17.1 Å². The highest BCUT2D eigenvalue weighted by molar-refractivity contribution is 9.10. The quantitative estimate of drug-likeness (QED) is 0.776. The Bertz CT molecular complexity index is 371. The van der Waals surface area contributed by atoms with Crippen molar-refractivity contribution in [3.8, 4) is 0 Å². The van der Waals surface area contributed by atoms with E-state index in [1.54, 1.807) is 11.4 Å². The number of halogens is 2. The second-order valence-electron chi connectivity index (χ2n) is 2.25. The van der Waals surface area contributed by atoms with Crippen LogP contribution in [0, 0.1) is 0 Å².